The van der Waals surface area contributed by atoms with Crippen LogP contribution in [0, 0.1) is 11.3 Å². The zero-order valence-corrected chi connectivity index (χ0v) is 8.73. The van der Waals surface area contributed by atoms with Crippen molar-refractivity contribution >= 4 is 10.9 Å². The fraction of sp³-hybridized carbons (Fsp3) is 0.250. The predicted octanol–water partition coefficient (Wildman–Crippen LogP) is 2.62. The summed E-state index contributed by atoms with van der Waals surface area (Å²) in [7, 11) is 0. The van der Waals surface area contributed by atoms with Crippen molar-refractivity contribution in [1.82, 2.24) is 9.97 Å². The molecule has 0 aliphatic carbocycles. The Morgan fingerprint density at radius 1 is 1.33 bits per heavy atom. The molecule has 15 heavy (non-hydrogen) atoms. The molecule has 3 heteroatoms. The van der Waals surface area contributed by atoms with Gasteiger partial charge in [-0.2, -0.15) is 5.26 Å². The average Bonchev–Trinajstić information content (AvgIpc) is 2.27. The molecule has 0 amide bonds. The molecule has 0 saturated carbocycles. The van der Waals surface area contributed by atoms with Gasteiger partial charge in [-0.3, -0.25) is 0 Å². The molecule has 0 unspecified atom stereocenters. The number of nitrogens with zero attached hydrogens (tertiary/aromatic N) is 3. The molecule has 2 rings (SSSR count). The molecule has 2 aromatic rings. The van der Waals surface area contributed by atoms with Gasteiger partial charge < -0.3 is 0 Å². The summed E-state index contributed by atoms with van der Waals surface area (Å²) in [6.07, 6.45) is 1.78. The van der Waals surface area contributed by atoms with Crippen LogP contribution in [0.5, 0.6) is 0 Å². The number of hydrogen-bond donors (Lipinski definition) is 0. The quantitative estimate of drug-likeness (QED) is 0.706. The number of aromatic nitrogens is 2. The van der Waals surface area contributed by atoms with Crippen molar-refractivity contribution in [2.24, 2.45) is 0 Å². The van der Waals surface area contributed by atoms with E-state index in [1.165, 1.54) is 0 Å². The molecule has 0 aliphatic heterocycles. The van der Waals surface area contributed by atoms with E-state index in [9.17, 15) is 0 Å². The highest BCUT2D eigenvalue weighted by molar-refractivity contribution is 5.79. The van der Waals surface area contributed by atoms with E-state index in [-0.39, 0.29) is 0 Å². The SMILES string of the molecule is CC(C)c1ncc2cc(C#N)ccc2n1. The van der Waals surface area contributed by atoms with Gasteiger partial charge >= 0.3 is 0 Å². The van der Waals surface area contributed by atoms with Crippen molar-refractivity contribution in [3.05, 3.63) is 35.8 Å². The second kappa shape index (κ2) is 3.66. The smallest absolute Gasteiger partial charge is 0.131 e. The number of hydrogen-bond acceptors (Lipinski definition) is 3. The van der Waals surface area contributed by atoms with Crippen LogP contribution in [0.3, 0.4) is 0 Å². The molecule has 0 atom stereocenters. The maximum atomic E-state index is 8.75. The highest BCUT2D eigenvalue weighted by atomic mass is 14.9. The minimum absolute atomic E-state index is 0.324. The van der Waals surface area contributed by atoms with Gasteiger partial charge in [0, 0.05) is 17.5 Å². The largest absolute Gasteiger partial charge is 0.240 e. The fourth-order valence-electron chi connectivity index (χ4n) is 1.40. The maximum Gasteiger partial charge on any atom is 0.131 e. The van der Waals surface area contributed by atoms with E-state index in [0.29, 0.717) is 11.5 Å². The Labute approximate surface area is 88.4 Å². The summed E-state index contributed by atoms with van der Waals surface area (Å²) < 4.78 is 0. The van der Waals surface area contributed by atoms with Crippen molar-refractivity contribution in [3.8, 4) is 6.07 Å². The molecule has 0 bridgehead atoms. The van der Waals surface area contributed by atoms with Crippen molar-refractivity contribution in [2.75, 3.05) is 0 Å². The molecule has 0 N–H and O–H groups in total. The van der Waals surface area contributed by atoms with E-state index < -0.39 is 0 Å². The first-order chi connectivity index (χ1) is 7.20. The highest BCUT2D eigenvalue weighted by Crippen LogP contribution is 2.16. The molecule has 3 nitrogen and oxygen atoms in total. The molecular formula is C12H11N3. The van der Waals surface area contributed by atoms with Crippen LogP contribution in [0.15, 0.2) is 24.4 Å². The van der Waals surface area contributed by atoms with Gasteiger partial charge in [-0.25, -0.2) is 9.97 Å². The fourth-order valence-corrected chi connectivity index (χ4v) is 1.40. The van der Waals surface area contributed by atoms with E-state index in [1.807, 2.05) is 6.07 Å². The molecule has 0 aliphatic rings. The van der Waals surface area contributed by atoms with Crippen LogP contribution >= 0.6 is 0 Å². The standard InChI is InChI=1S/C12H11N3/c1-8(2)12-14-7-10-5-9(6-13)3-4-11(10)15-12/h3-5,7-8H,1-2H3. The lowest BCUT2D eigenvalue weighted by Gasteiger charge is -2.04. The average molecular weight is 197 g/mol. The molecular weight excluding hydrogens is 186 g/mol. The van der Waals surface area contributed by atoms with Crippen molar-refractivity contribution < 1.29 is 0 Å². The first-order valence-corrected chi connectivity index (χ1v) is 4.87. The van der Waals surface area contributed by atoms with Crippen LogP contribution in [-0.4, -0.2) is 9.97 Å². The first-order valence-electron chi connectivity index (χ1n) is 4.87. The monoisotopic (exact) mass is 197 g/mol. The van der Waals surface area contributed by atoms with Gasteiger partial charge in [0.15, 0.2) is 0 Å². The van der Waals surface area contributed by atoms with E-state index in [1.54, 1.807) is 18.3 Å². The Morgan fingerprint density at radius 3 is 2.80 bits per heavy atom. The first kappa shape index (κ1) is 9.60. The topological polar surface area (TPSA) is 49.6 Å². The third kappa shape index (κ3) is 1.79. The van der Waals surface area contributed by atoms with Gasteiger partial charge in [-0.1, -0.05) is 13.8 Å². The number of fused-ring (bicyclic) bond motifs is 1. The number of rotatable bonds is 1. The van der Waals surface area contributed by atoms with E-state index in [0.717, 1.165) is 16.7 Å². The lowest BCUT2D eigenvalue weighted by Crippen LogP contribution is -1.96. The summed E-state index contributed by atoms with van der Waals surface area (Å²) in [5, 5.41) is 9.66. The van der Waals surface area contributed by atoms with Crippen LogP contribution in [0.25, 0.3) is 10.9 Å². The van der Waals surface area contributed by atoms with Crippen LogP contribution in [-0.2, 0) is 0 Å². The maximum absolute atomic E-state index is 8.75. The second-order valence-electron chi connectivity index (χ2n) is 3.77. The van der Waals surface area contributed by atoms with Crippen LogP contribution in [0.1, 0.15) is 31.2 Å². The zero-order chi connectivity index (χ0) is 10.8. The Kier molecular flexibility index (Phi) is 2.34. The van der Waals surface area contributed by atoms with Gasteiger partial charge in [0.25, 0.3) is 0 Å². The summed E-state index contributed by atoms with van der Waals surface area (Å²) in [6, 6.07) is 7.55. The Bertz CT molecular complexity index is 538. The van der Waals surface area contributed by atoms with Crippen molar-refractivity contribution in [2.45, 2.75) is 19.8 Å². The lowest BCUT2D eigenvalue weighted by atomic mass is 10.1. The second-order valence-corrected chi connectivity index (χ2v) is 3.77. The number of benzene rings is 1. The van der Waals surface area contributed by atoms with E-state index in [2.05, 4.69) is 29.9 Å². The predicted molar refractivity (Wildman–Crippen MR) is 58.3 cm³/mol. The van der Waals surface area contributed by atoms with E-state index >= 15 is 0 Å². The summed E-state index contributed by atoms with van der Waals surface area (Å²) >= 11 is 0. The molecule has 74 valence electrons. The Balaban J connectivity index is 2.61. The molecule has 0 radical (unpaired) electrons. The van der Waals surface area contributed by atoms with Gasteiger partial charge in [0.2, 0.25) is 0 Å². The molecule has 0 fully saturated rings. The molecule has 0 spiro atoms. The molecule has 0 saturated heterocycles. The van der Waals surface area contributed by atoms with Crippen LogP contribution in [0.4, 0.5) is 0 Å². The zero-order valence-electron chi connectivity index (χ0n) is 8.73. The summed E-state index contributed by atoms with van der Waals surface area (Å²) in [4.78, 5) is 8.69. The summed E-state index contributed by atoms with van der Waals surface area (Å²) in [5.41, 5.74) is 1.54. The Morgan fingerprint density at radius 2 is 2.13 bits per heavy atom. The van der Waals surface area contributed by atoms with Crippen LogP contribution in [0.2, 0.25) is 0 Å². The lowest BCUT2D eigenvalue weighted by molar-refractivity contribution is 0.783. The van der Waals surface area contributed by atoms with Gasteiger partial charge in [0.05, 0.1) is 17.1 Å². The Hall–Kier alpha value is -1.95. The number of nitriles is 1. The summed E-state index contributed by atoms with van der Waals surface area (Å²) in [5.74, 6) is 1.16. The normalized spacial score (nSPS) is 10.5. The van der Waals surface area contributed by atoms with Crippen molar-refractivity contribution in [3.63, 3.8) is 0 Å². The molecule has 1 heterocycles. The molecule has 1 aromatic carbocycles. The van der Waals surface area contributed by atoms with Crippen LogP contribution < -0.4 is 0 Å². The summed E-state index contributed by atoms with van der Waals surface area (Å²) in [6.45, 7) is 4.12. The van der Waals surface area contributed by atoms with Crippen molar-refractivity contribution in [1.29, 1.82) is 5.26 Å². The van der Waals surface area contributed by atoms with Gasteiger partial charge in [-0.15, -0.1) is 0 Å². The van der Waals surface area contributed by atoms with Gasteiger partial charge in [-0.05, 0) is 18.2 Å². The van der Waals surface area contributed by atoms with Gasteiger partial charge in [0.1, 0.15) is 5.82 Å². The molecule has 1 aromatic heterocycles. The van der Waals surface area contributed by atoms with E-state index in [4.69, 9.17) is 5.26 Å². The highest BCUT2D eigenvalue weighted by Gasteiger charge is 2.04. The third-order valence-corrected chi connectivity index (χ3v) is 2.24. The minimum Gasteiger partial charge on any atom is -0.240 e. The minimum atomic E-state index is 0.324. The third-order valence-electron chi connectivity index (χ3n) is 2.24.